The molecule has 2 atom stereocenters. The highest BCUT2D eigenvalue weighted by Gasteiger charge is 2.22. The Morgan fingerprint density at radius 1 is 0.919 bits per heavy atom. The predicted molar refractivity (Wildman–Crippen MR) is 151 cm³/mol. The largest absolute Gasteiger partial charge is 0.444 e. The van der Waals surface area contributed by atoms with E-state index in [2.05, 4.69) is 20.9 Å². The van der Waals surface area contributed by atoms with Gasteiger partial charge in [-0.1, -0.05) is 54.6 Å². The number of benzene rings is 2. The highest BCUT2D eigenvalue weighted by atomic mass is 32.2. The van der Waals surface area contributed by atoms with Crippen molar-refractivity contribution in [1.82, 2.24) is 15.6 Å². The molecule has 3 rings (SSSR count). The number of rotatable bonds is 12. The number of carbonyl (C=O) groups is 2. The van der Waals surface area contributed by atoms with E-state index in [1.54, 1.807) is 24.2 Å². The summed E-state index contributed by atoms with van der Waals surface area (Å²) in [4.78, 5) is 29.7. The lowest BCUT2D eigenvalue weighted by Crippen LogP contribution is -2.43. The zero-order valence-electron chi connectivity index (χ0n) is 21.6. The molecule has 0 saturated carbocycles. The summed E-state index contributed by atoms with van der Waals surface area (Å²) in [5.41, 5.74) is 2.35. The molecule has 0 aliphatic rings. The number of hydrogen-bond acceptors (Lipinski definition) is 6. The number of hydrogen-bond donors (Lipinski definition) is 3. The molecule has 0 radical (unpaired) electrons. The lowest BCUT2D eigenvalue weighted by Gasteiger charge is -2.24. The van der Waals surface area contributed by atoms with Crippen molar-refractivity contribution >= 4 is 29.4 Å². The van der Waals surface area contributed by atoms with Crippen LogP contribution in [-0.2, 0) is 22.5 Å². The van der Waals surface area contributed by atoms with Gasteiger partial charge >= 0.3 is 6.09 Å². The predicted octanol–water partition coefficient (Wildman–Crippen LogP) is 5.05. The van der Waals surface area contributed by atoms with E-state index in [0.717, 1.165) is 16.8 Å². The molecule has 0 unspecified atom stereocenters. The summed E-state index contributed by atoms with van der Waals surface area (Å²) in [5.74, 6) is 1.05. The van der Waals surface area contributed by atoms with Crippen LogP contribution in [0.3, 0.4) is 0 Å². The topological polar surface area (TPSA) is 92.4 Å². The quantitative estimate of drug-likeness (QED) is 0.310. The number of nitrogens with zero attached hydrogens (tertiary/aromatic N) is 1. The van der Waals surface area contributed by atoms with Gasteiger partial charge in [0.25, 0.3) is 0 Å². The van der Waals surface area contributed by atoms with Crippen LogP contribution < -0.4 is 16.0 Å². The molecule has 2 aromatic carbocycles. The summed E-state index contributed by atoms with van der Waals surface area (Å²) in [5, 5.41) is 9.37. The van der Waals surface area contributed by atoms with Gasteiger partial charge in [0.1, 0.15) is 11.6 Å². The maximum Gasteiger partial charge on any atom is 0.407 e. The normalized spacial score (nSPS) is 12.7. The summed E-state index contributed by atoms with van der Waals surface area (Å²) >= 11 is 1.61. The SMILES string of the molecule is CC(C)(C)OC(=O)N[C@H](CSC[C@@H](Nc1ccccc1)C(=O)NCc1cccnc1)Cc1ccccc1. The molecule has 7 nitrogen and oxygen atoms in total. The van der Waals surface area contributed by atoms with Crippen molar-refractivity contribution in [3.63, 3.8) is 0 Å². The zero-order chi connectivity index (χ0) is 26.5. The smallest absolute Gasteiger partial charge is 0.407 e. The minimum absolute atomic E-state index is 0.0973. The maximum absolute atomic E-state index is 13.1. The average Bonchev–Trinajstić information content (AvgIpc) is 2.87. The first-order valence-electron chi connectivity index (χ1n) is 12.4. The van der Waals surface area contributed by atoms with Crippen LogP contribution in [0.2, 0.25) is 0 Å². The van der Waals surface area contributed by atoms with Gasteiger partial charge in [0.2, 0.25) is 5.91 Å². The third-order valence-electron chi connectivity index (χ3n) is 5.27. The number of aromatic nitrogens is 1. The Kier molecular flexibility index (Phi) is 10.8. The fraction of sp³-hybridized carbons (Fsp3) is 0.345. The monoisotopic (exact) mass is 520 g/mol. The Morgan fingerprint density at radius 3 is 2.24 bits per heavy atom. The number of ether oxygens (including phenoxy) is 1. The number of pyridine rings is 1. The van der Waals surface area contributed by atoms with Gasteiger partial charge in [-0.25, -0.2) is 4.79 Å². The number of alkyl carbamates (subject to hydrolysis) is 1. The highest BCUT2D eigenvalue weighted by Crippen LogP contribution is 2.15. The summed E-state index contributed by atoms with van der Waals surface area (Å²) in [6.07, 6.45) is 3.67. The van der Waals surface area contributed by atoms with Gasteiger partial charge in [0.05, 0.1) is 0 Å². The van der Waals surface area contributed by atoms with E-state index in [4.69, 9.17) is 4.74 Å². The van der Waals surface area contributed by atoms with Gasteiger partial charge < -0.3 is 20.7 Å². The van der Waals surface area contributed by atoms with E-state index in [-0.39, 0.29) is 11.9 Å². The molecular formula is C29H36N4O3S. The molecule has 0 aliphatic carbocycles. The minimum Gasteiger partial charge on any atom is -0.444 e. The molecule has 1 aromatic heterocycles. The second kappa shape index (κ2) is 14.3. The fourth-order valence-electron chi connectivity index (χ4n) is 3.59. The van der Waals surface area contributed by atoms with Gasteiger partial charge in [-0.15, -0.1) is 0 Å². The summed E-state index contributed by atoms with van der Waals surface area (Å²) in [6.45, 7) is 5.94. The van der Waals surface area contributed by atoms with Crippen molar-refractivity contribution < 1.29 is 14.3 Å². The number of anilines is 1. The van der Waals surface area contributed by atoms with Crippen molar-refractivity contribution in [3.05, 3.63) is 96.3 Å². The van der Waals surface area contributed by atoms with Crippen molar-refractivity contribution in [1.29, 1.82) is 0 Å². The van der Waals surface area contributed by atoms with E-state index >= 15 is 0 Å². The average molecular weight is 521 g/mol. The minimum atomic E-state index is -0.578. The van der Waals surface area contributed by atoms with Crippen molar-refractivity contribution in [3.8, 4) is 0 Å². The van der Waals surface area contributed by atoms with Gasteiger partial charge in [-0.05, 0) is 56.5 Å². The van der Waals surface area contributed by atoms with E-state index in [1.165, 1.54) is 0 Å². The first-order valence-corrected chi connectivity index (χ1v) is 13.5. The Hall–Kier alpha value is -3.52. The van der Waals surface area contributed by atoms with Crippen LogP contribution in [0.25, 0.3) is 0 Å². The zero-order valence-corrected chi connectivity index (χ0v) is 22.5. The fourth-order valence-corrected chi connectivity index (χ4v) is 4.68. The maximum atomic E-state index is 13.1. The molecule has 1 heterocycles. The number of carbonyl (C=O) groups excluding carboxylic acids is 2. The molecule has 3 aromatic rings. The summed E-state index contributed by atoms with van der Waals surface area (Å²) < 4.78 is 5.48. The molecule has 3 N–H and O–H groups in total. The van der Waals surface area contributed by atoms with E-state index in [9.17, 15) is 9.59 Å². The van der Waals surface area contributed by atoms with Crippen molar-refractivity contribution in [2.45, 2.75) is 51.4 Å². The molecule has 0 spiro atoms. The van der Waals surface area contributed by atoms with Crippen molar-refractivity contribution in [2.75, 3.05) is 16.8 Å². The van der Waals surface area contributed by atoms with Crippen molar-refractivity contribution in [2.24, 2.45) is 0 Å². The van der Waals surface area contributed by atoms with Crippen LogP contribution in [0.4, 0.5) is 10.5 Å². The number of amides is 2. The molecule has 196 valence electrons. The van der Waals surface area contributed by atoms with E-state index in [0.29, 0.717) is 24.5 Å². The molecule has 8 heteroatoms. The first kappa shape index (κ1) is 28.1. The third-order valence-corrected chi connectivity index (χ3v) is 6.48. The third kappa shape index (κ3) is 11.0. The Bertz CT molecular complexity index is 1090. The lowest BCUT2D eigenvalue weighted by molar-refractivity contribution is -0.121. The number of thioether (sulfide) groups is 1. The van der Waals surface area contributed by atoms with Crippen LogP contribution in [0, 0.1) is 0 Å². The molecule has 37 heavy (non-hydrogen) atoms. The Balaban J connectivity index is 1.63. The van der Waals surface area contributed by atoms with E-state index < -0.39 is 17.7 Å². The number of para-hydroxylation sites is 1. The molecule has 0 fully saturated rings. The molecule has 2 amide bonds. The van der Waals surface area contributed by atoms with Crippen LogP contribution in [0.15, 0.2) is 85.2 Å². The number of nitrogens with one attached hydrogen (secondary N) is 3. The lowest BCUT2D eigenvalue weighted by atomic mass is 10.1. The van der Waals surface area contributed by atoms with E-state index in [1.807, 2.05) is 93.6 Å². The molecule has 0 saturated heterocycles. The summed E-state index contributed by atoms with van der Waals surface area (Å²) in [7, 11) is 0. The van der Waals surface area contributed by atoms with Crippen LogP contribution in [-0.4, -0.2) is 46.2 Å². The first-order chi connectivity index (χ1) is 17.8. The van der Waals surface area contributed by atoms with Gasteiger partial charge in [-0.3, -0.25) is 9.78 Å². The molecular weight excluding hydrogens is 484 g/mol. The second-order valence-electron chi connectivity index (χ2n) is 9.71. The highest BCUT2D eigenvalue weighted by molar-refractivity contribution is 7.99. The Morgan fingerprint density at radius 2 is 1.59 bits per heavy atom. The Labute approximate surface area is 223 Å². The van der Waals surface area contributed by atoms with Gasteiger partial charge in [0.15, 0.2) is 0 Å². The van der Waals surface area contributed by atoms with Crippen LogP contribution in [0.5, 0.6) is 0 Å². The molecule has 0 bridgehead atoms. The second-order valence-corrected chi connectivity index (χ2v) is 10.8. The van der Waals surface area contributed by atoms with Gasteiger partial charge in [-0.2, -0.15) is 11.8 Å². The standard InChI is InChI=1S/C29H36N4O3S/c1-29(2,3)36-28(35)33-25(17-22-11-6-4-7-12-22)20-37-21-26(32-24-14-8-5-9-15-24)27(34)31-19-23-13-10-16-30-18-23/h4-16,18,25-26,32H,17,19-21H2,1-3H3,(H,31,34)(H,33,35)/t25-,26+/m0/s1. The van der Waals surface area contributed by atoms with Gasteiger partial charge in [0, 0.05) is 42.2 Å². The van der Waals surface area contributed by atoms with Crippen LogP contribution in [0.1, 0.15) is 31.9 Å². The van der Waals surface area contributed by atoms with Crippen LogP contribution >= 0.6 is 11.8 Å². The molecule has 0 aliphatic heterocycles. The summed E-state index contributed by atoms with van der Waals surface area (Å²) in [6, 6.07) is 22.9.